The molecule has 0 spiro atoms. The minimum Gasteiger partial charge on any atom is -0.272 e. The van der Waals surface area contributed by atoms with Gasteiger partial charge in [0, 0.05) is 5.92 Å². The largest absolute Gasteiger partial charge is 0.272 e. The van der Waals surface area contributed by atoms with Gasteiger partial charge < -0.3 is 0 Å². The summed E-state index contributed by atoms with van der Waals surface area (Å²) in [5, 5.41) is 0. The first-order chi connectivity index (χ1) is 5.25. The van der Waals surface area contributed by atoms with Gasteiger partial charge in [0.25, 0.3) is 0 Å². The van der Waals surface area contributed by atoms with Crippen LogP contribution in [0.1, 0.15) is 13.3 Å². The van der Waals surface area contributed by atoms with E-state index in [0.717, 1.165) is 6.42 Å². The molecular formula is C8H11NO2. The molecule has 2 atom stereocenters. The van der Waals surface area contributed by atoms with Crippen molar-refractivity contribution in [3.63, 3.8) is 0 Å². The monoisotopic (exact) mass is 153 g/mol. The third kappa shape index (κ3) is 2.24. The maximum absolute atomic E-state index is 11.0. The van der Waals surface area contributed by atoms with E-state index < -0.39 is 0 Å². The molecule has 0 bridgehead atoms. The van der Waals surface area contributed by atoms with Crippen molar-refractivity contribution in [1.82, 2.24) is 5.48 Å². The zero-order valence-corrected chi connectivity index (χ0v) is 6.46. The molecule has 0 radical (unpaired) electrons. The molecule has 0 heterocycles. The van der Waals surface area contributed by atoms with E-state index in [0.29, 0.717) is 5.92 Å². The highest BCUT2D eigenvalue weighted by Crippen LogP contribution is 2.37. The second-order valence-corrected chi connectivity index (χ2v) is 2.78. The third-order valence-corrected chi connectivity index (χ3v) is 1.77. The zero-order chi connectivity index (χ0) is 8.27. The summed E-state index contributed by atoms with van der Waals surface area (Å²) < 4.78 is 0. The van der Waals surface area contributed by atoms with Crippen LogP contribution in [0.25, 0.3) is 0 Å². The summed E-state index contributed by atoms with van der Waals surface area (Å²) in [5.41, 5.74) is 2.29. The van der Waals surface area contributed by atoms with Gasteiger partial charge in [-0.25, -0.2) is 5.48 Å². The Kier molecular flexibility index (Phi) is 2.50. The van der Waals surface area contributed by atoms with Crippen LogP contribution in [0.15, 0.2) is 0 Å². The molecule has 0 aromatic rings. The lowest BCUT2D eigenvalue weighted by Gasteiger charge is -2.00. The molecule has 0 aromatic carbocycles. The Hall–Kier alpha value is -1.01. The molecule has 1 aliphatic carbocycles. The lowest BCUT2D eigenvalue weighted by atomic mass is 10.3. The van der Waals surface area contributed by atoms with E-state index >= 15 is 0 Å². The smallest absolute Gasteiger partial charge is 0.246 e. The van der Waals surface area contributed by atoms with Crippen LogP contribution >= 0.6 is 0 Å². The normalized spacial score (nSPS) is 27.3. The Balaban J connectivity index is 2.08. The van der Waals surface area contributed by atoms with Crippen LogP contribution in [-0.4, -0.2) is 12.5 Å². The van der Waals surface area contributed by atoms with Crippen LogP contribution in [0, 0.1) is 24.2 Å². The molecule has 60 valence electrons. The molecule has 0 saturated heterocycles. The Labute approximate surface area is 66.1 Å². The fourth-order valence-corrected chi connectivity index (χ4v) is 0.912. The quantitative estimate of drug-likeness (QED) is 0.360. The molecule has 1 amide bonds. The summed E-state index contributed by atoms with van der Waals surface area (Å²) in [7, 11) is 0. The molecule has 11 heavy (non-hydrogen) atoms. The first-order valence-electron chi connectivity index (χ1n) is 3.61. The Bertz CT molecular complexity index is 195. The number of carbonyl (C=O) groups is 1. The molecule has 0 aromatic heterocycles. The van der Waals surface area contributed by atoms with Crippen LogP contribution < -0.4 is 5.48 Å². The summed E-state index contributed by atoms with van der Waals surface area (Å²) >= 11 is 0. The number of hydroxylamine groups is 1. The van der Waals surface area contributed by atoms with Gasteiger partial charge in [-0.05, 0) is 12.3 Å². The second kappa shape index (κ2) is 3.40. The molecule has 1 aliphatic rings. The molecule has 3 nitrogen and oxygen atoms in total. The van der Waals surface area contributed by atoms with E-state index in [9.17, 15) is 4.79 Å². The third-order valence-electron chi connectivity index (χ3n) is 1.77. The number of rotatable bonds is 3. The molecule has 0 unspecified atom stereocenters. The van der Waals surface area contributed by atoms with Crippen LogP contribution in [0.3, 0.4) is 0 Å². The van der Waals surface area contributed by atoms with E-state index in [-0.39, 0.29) is 18.4 Å². The van der Waals surface area contributed by atoms with Crippen LogP contribution in [0.5, 0.6) is 0 Å². The Morgan fingerprint density at radius 3 is 3.00 bits per heavy atom. The van der Waals surface area contributed by atoms with Gasteiger partial charge >= 0.3 is 0 Å². The minimum absolute atomic E-state index is 0.0484. The lowest BCUT2D eigenvalue weighted by Crippen LogP contribution is -2.25. The highest BCUT2D eigenvalue weighted by Gasteiger charge is 2.39. The number of nitrogens with one attached hydrogen (secondary N) is 1. The van der Waals surface area contributed by atoms with Crippen molar-refractivity contribution < 1.29 is 9.63 Å². The van der Waals surface area contributed by atoms with Crippen LogP contribution in [0.4, 0.5) is 0 Å². The average Bonchev–Trinajstić information content (AvgIpc) is 2.67. The van der Waals surface area contributed by atoms with E-state index in [4.69, 9.17) is 6.42 Å². The highest BCUT2D eigenvalue weighted by atomic mass is 16.6. The fourth-order valence-electron chi connectivity index (χ4n) is 0.912. The maximum atomic E-state index is 11.0. The van der Waals surface area contributed by atoms with Gasteiger partial charge in [0.1, 0.15) is 6.61 Å². The van der Waals surface area contributed by atoms with Crippen molar-refractivity contribution in [2.75, 3.05) is 6.61 Å². The number of carbonyl (C=O) groups excluding carboxylic acids is 1. The van der Waals surface area contributed by atoms with E-state index in [1.807, 2.05) is 6.92 Å². The first-order valence-corrected chi connectivity index (χ1v) is 3.61. The highest BCUT2D eigenvalue weighted by molar-refractivity contribution is 5.80. The van der Waals surface area contributed by atoms with Gasteiger partial charge in [-0.15, -0.1) is 6.42 Å². The van der Waals surface area contributed by atoms with Gasteiger partial charge in [-0.1, -0.05) is 12.8 Å². The molecule has 1 fully saturated rings. The van der Waals surface area contributed by atoms with Crippen LogP contribution in [-0.2, 0) is 9.63 Å². The second-order valence-electron chi connectivity index (χ2n) is 2.78. The molecule has 3 heteroatoms. The van der Waals surface area contributed by atoms with Gasteiger partial charge in [-0.3, -0.25) is 9.63 Å². The first kappa shape index (κ1) is 8.09. The summed E-state index contributed by atoms with van der Waals surface area (Å²) in [5.74, 6) is 2.86. The average molecular weight is 153 g/mol. The minimum atomic E-state index is -0.0484. The van der Waals surface area contributed by atoms with Gasteiger partial charge in [0.05, 0.1) is 0 Å². The fraction of sp³-hybridized carbons (Fsp3) is 0.625. The number of hydrogen-bond donors (Lipinski definition) is 1. The Morgan fingerprint density at radius 1 is 1.91 bits per heavy atom. The van der Waals surface area contributed by atoms with Crippen molar-refractivity contribution in [3.8, 4) is 12.3 Å². The standard InChI is InChI=1S/C8H11NO2/c1-3-4-11-9-8(10)7-5-6(7)2/h1,6-7H,4-5H2,2H3,(H,9,10)/t6-,7-/m0/s1. The summed E-state index contributed by atoms with van der Waals surface area (Å²) in [4.78, 5) is 15.6. The lowest BCUT2D eigenvalue weighted by molar-refractivity contribution is -0.134. The summed E-state index contributed by atoms with van der Waals surface area (Å²) in [6, 6.07) is 0. The van der Waals surface area contributed by atoms with E-state index in [1.165, 1.54) is 0 Å². The van der Waals surface area contributed by atoms with Crippen molar-refractivity contribution in [2.45, 2.75) is 13.3 Å². The topological polar surface area (TPSA) is 38.3 Å². The van der Waals surface area contributed by atoms with Crippen molar-refractivity contribution in [3.05, 3.63) is 0 Å². The maximum Gasteiger partial charge on any atom is 0.246 e. The van der Waals surface area contributed by atoms with Gasteiger partial charge in [-0.2, -0.15) is 0 Å². The number of hydrogen-bond acceptors (Lipinski definition) is 2. The molecule has 1 saturated carbocycles. The van der Waals surface area contributed by atoms with E-state index in [1.54, 1.807) is 0 Å². The molecule has 0 aliphatic heterocycles. The van der Waals surface area contributed by atoms with Crippen molar-refractivity contribution >= 4 is 5.91 Å². The van der Waals surface area contributed by atoms with E-state index in [2.05, 4.69) is 16.2 Å². The Morgan fingerprint density at radius 2 is 2.55 bits per heavy atom. The predicted molar refractivity (Wildman–Crippen MR) is 40.2 cm³/mol. The van der Waals surface area contributed by atoms with Crippen LogP contribution in [0.2, 0.25) is 0 Å². The van der Waals surface area contributed by atoms with Gasteiger partial charge in [0.15, 0.2) is 0 Å². The predicted octanol–water partition coefficient (Wildman–Crippen LogP) is 0.323. The van der Waals surface area contributed by atoms with Gasteiger partial charge in [0.2, 0.25) is 5.91 Å². The number of terminal acetylenes is 1. The SMILES string of the molecule is C#CCONC(=O)[C@H]1C[C@@H]1C. The molecule has 1 N–H and O–H groups in total. The molecular weight excluding hydrogens is 142 g/mol. The number of amides is 1. The summed E-state index contributed by atoms with van der Waals surface area (Å²) in [6.45, 7) is 2.16. The molecule has 1 rings (SSSR count). The zero-order valence-electron chi connectivity index (χ0n) is 6.46. The van der Waals surface area contributed by atoms with Crippen molar-refractivity contribution in [1.29, 1.82) is 0 Å². The summed E-state index contributed by atoms with van der Waals surface area (Å²) in [6.07, 6.45) is 5.87. The van der Waals surface area contributed by atoms with Crippen molar-refractivity contribution in [2.24, 2.45) is 11.8 Å².